The van der Waals surface area contributed by atoms with Gasteiger partial charge in [-0.05, 0) is 66.8 Å². The second kappa shape index (κ2) is 10.9. The van der Waals surface area contributed by atoms with E-state index in [1.807, 2.05) is 60.6 Å². The quantitative estimate of drug-likeness (QED) is 0.378. The van der Waals surface area contributed by atoms with Crippen LogP contribution >= 0.6 is 0 Å². The van der Waals surface area contributed by atoms with Gasteiger partial charge >= 0.3 is 0 Å². The van der Waals surface area contributed by atoms with Crippen molar-refractivity contribution in [2.45, 2.75) is 92.6 Å². The fourth-order valence-corrected chi connectivity index (χ4v) is 5.85. The van der Waals surface area contributed by atoms with Gasteiger partial charge < -0.3 is 10.0 Å². The molecule has 0 saturated carbocycles. The predicted octanol–water partition coefficient (Wildman–Crippen LogP) is 7.12. The first kappa shape index (κ1) is 29.8. The Balaban J connectivity index is 2.55. The van der Waals surface area contributed by atoms with Crippen molar-refractivity contribution in [1.82, 2.24) is 4.90 Å². The Morgan fingerprint density at radius 3 is 1.61 bits per heavy atom. The van der Waals surface area contributed by atoms with Gasteiger partial charge in [0.25, 0.3) is 5.91 Å². The van der Waals surface area contributed by atoms with Crippen molar-refractivity contribution >= 4 is 11.7 Å². The number of hydrogen-bond donors (Lipinski definition) is 1. The molecular formula is C32H47NO3. The summed E-state index contributed by atoms with van der Waals surface area (Å²) in [4.78, 5) is 27.8. The van der Waals surface area contributed by atoms with E-state index in [1.165, 1.54) is 11.1 Å². The van der Waals surface area contributed by atoms with Gasteiger partial charge in [0.1, 0.15) is 0 Å². The molecule has 36 heavy (non-hydrogen) atoms. The van der Waals surface area contributed by atoms with Crippen LogP contribution in [0.4, 0.5) is 0 Å². The molecule has 2 aromatic rings. The Kier molecular flexibility index (Phi) is 9.00. The molecule has 0 aliphatic carbocycles. The summed E-state index contributed by atoms with van der Waals surface area (Å²) in [5, 5.41) is 11.4. The van der Waals surface area contributed by atoms with E-state index in [9.17, 15) is 14.7 Å². The summed E-state index contributed by atoms with van der Waals surface area (Å²) in [7, 11) is 3.54. The molecule has 0 aliphatic rings. The van der Waals surface area contributed by atoms with Gasteiger partial charge in [-0.25, -0.2) is 0 Å². The lowest BCUT2D eigenvalue weighted by Gasteiger charge is -2.43. The Morgan fingerprint density at radius 2 is 1.28 bits per heavy atom. The monoisotopic (exact) mass is 493 g/mol. The summed E-state index contributed by atoms with van der Waals surface area (Å²) in [5.74, 6) is -0.523. The van der Waals surface area contributed by atoms with Crippen LogP contribution in [0.2, 0.25) is 0 Å². The van der Waals surface area contributed by atoms with Gasteiger partial charge in [-0.1, -0.05) is 78.8 Å². The molecule has 0 radical (unpaired) electrons. The van der Waals surface area contributed by atoms with Crippen LogP contribution in [-0.4, -0.2) is 41.4 Å². The third kappa shape index (κ3) is 5.16. The maximum absolute atomic E-state index is 13.6. The Bertz CT molecular complexity index is 1100. The number of benzene rings is 2. The van der Waals surface area contributed by atoms with E-state index in [0.29, 0.717) is 12.0 Å². The van der Waals surface area contributed by atoms with E-state index in [-0.39, 0.29) is 17.1 Å². The minimum atomic E-state index is -1.09. The fourth-order valence-electron chi connectivity index (χ4n) is 5.85. The van der Waals surface area contributed by atoms with E-state index < -0.39 is 16.9 Å². The van der Waals surface area contributed by atoms with Crippen LogP contribution in [0.15, 0.2) is 36.4 Å². The zero-order chi connectivity index (χ0) is 27.6. The molecular weight excluding hydrogens is 446 g/mol. The van der Waals surface area contributed by atoms with Gasteiger partial charge in [-0.3, -0.25) is 9.59 Å². The van der Waals surface area contributed by atoms with Crippen LogP contribution in [0, 0.1) is 25.2 Å². The number of ketones is 1. The average Bonchev–Trinajstić information content (AvgIpc) is 2.82. The lowest BCUT2D eigenvalue weighted by molar-refractivity contribution is -0.0907. The maximum Gasteiger partial charge on any atom is 0.253 e. The summed E-state index contributed by atoms with van der Waals surface area (Å²) < 4.78 is 0. The molecule has 0 spiro atoms. The molecule has 198 valence electrons. The first-order valence-electron chi connectivity index (χ1n) is 13.3. The SMILES string of the molecule is CCC(CC)(c1ccc(C(=O)C(C)C(O)(CC)C(C)(C)C)c(C)c1)c1ccc(C(=O)N(C)C)c(C)c1. The molecule has 2 atom stereocenters. The molecule has 2 aromatic carbocycles. The molecule has 0 aliphatic heterocycles. The number of rotatable bonds is 9. The molecule has 0 saturated heterocycles. The van der Waals surface area contributed by atoms with Crippen molar-refractivity contribution in [2.75, 3.05) is 14.1 Å². The number of aliphatic hydroxyl groups is 1. The van der Waals surface area contributed by atoms with Crippen LogP contribution in [0.25, 0.3) is 0 Å². The molecule has 0 aromatic heterocycles. The minimum absolute atomic E-state index is 0.00720. The molecule has 1 amide bonds. The summed E-state index contributed by atoms with van der Waals surface area (Å²) in [6.45, 7) is 18.1. The predicted molar refractivity (Wildman–Crippen MR) is 150 cm³/mol. The van der Waals surface area contributed by atoms with Gasteiger partial charge in [0.05, 0.1) is 5.60 Å². The fraction of sp³-hybridized carbons (Fsp3) is 0.562. The smallest absolute Gasteiger partial charge is 0.253 e. The molecule has 1 N–H and O–H groups in total. The third-order valence-electron chi connectivity index (χ3n) is 8.61. The Labute approximate surface area is 219 Å². The highest BCUT2D eigenvalue weighted by atomic mass is 16.3. The third-order valence-corrected chi connectivity index (χ3v) is 8.61. The molecule has 4 heteroatoms. The van der Waals surface area contributed by atoms with Crippen LogP contribution in [0.1, 0.15) is 111 Å². The summed E-state index contributed by atoms with van der Waals surface area (Å²) in [6, 6.07) is 12.3. The molecule has 0 heterocycles. The largest absolute Gasteiger partial charge is 0.389 e. The van der Waals surface area contributed by atoms with Crippen molar-refractivity contribution < 1.29 is 14.7 Å². The molecule has 0 bridgehead atoms. The van der Waals surface area contributed by atoms with Crippen molar-refractivity contribution in [2.24, 2.45) is 11.3 Å². The Hall–Kier alpha value is -2.46. The van der Waals surface area contributed by atoms with Gasteiger partial charge in [0.2, 0.25) is 0 Å². The first-order valence-corrected chi connectivity index (χ1v) is 13.3. The summed E-state index contributed by atoms with van der Waals surface area (Å²) in [5.41, 5.74) is 3.91. The van der Waals surface area contributed by atoms with Crippen molar-refractivity contribution in [3.63, 3.8) is 0 Å². The number of nitrogens with zero attached hydrogens (tertiary/aromatic N) is 1. The lowest BCUT2D eigenvalue weighted by atomic mass is 9.65. The van der Waals surface area contributed by atoms with E-state index in [1.54, 1.807) is 19.0 Å². The topological polar surface area (TPSA) is 57.6 Å². The van der Waals surface area contributed by atoms with Gasteiger partial charge in [0, 0.05) is 36.6 Å². The maximum atomic E-state index is 13.6. The second-order valence-electron chi connectivity index (χ2n) is 11.7. The lowest BCUT2D eigenvalue weighted by Crippen LogP contribution is -2.50. The van der Waals surface area contributed by atoms with E-state index in [4.69, 9.17) is 0 Å². The molecule has 4 nitrogen and oxygen atoms in total. The number of carbonyl (C=O) groups excluding carboxylic acids is 2. The van der Waals surface area contributed by atoms with Gasteiger partial charge in [0.15, 0.2) is 5.78 Å². The van der Waals surface area contributed by atoms with Crippen LogP contribution < -0.4 is 0 Å². The highest BCUT2D eigenvalue weighted by Crippen LogP contribution is 2.43. The van der Waals surface area contributed by atoms with Crippen molar-refractivity contribution in [3.8, 4) is 0 Å². The Morgan fingerprint density at radius 1 is 0.833 bits per heavy atom. The summed E-state index contributed by atoms with van der Waals surface area (Å²) in [6.07, 6.45) is 2.31. The zero-order valence-electron chi connectivity index (χ0n) is 24.4. The van der Waals surface area contributed by atoms with E-state index in [0.717, 1.165) is 29.5 Å². The standard InChI is InChI=1S/C32H47NO3/c1-12-31(13-2,25-16-18-27(22(5)20-25)29(35)33(10)11)24-15-17-26(21(4)19-24)28(34)23(6)32(36,14-3)30(7,8)9/h15-20,23,36H,12-14H2,1-11H3. The van der Waals surface area contributed by atoms with E-state index >= 15 is 0 Å². The average molecular weight is 494 g/mol. The highest BCUT2D eigenvalue weighted by molar-refractivity contribution is 6.00. The molecule has 2 unspecified atom stereocenters. The first-order chi connectivity index (χ1) is 16.6. The minimum Gasteiger partial charge on any atom is -0.389 e. The van der Waals surface area contributed by atoms with Crippen LogP contribution in [0.3, 0.4) is 0 Å². The zero-order valence-corrected chi connectivity index (χ0v) is 24.4. The van der Waals surface area contributed by atoms with Crippen molar-refractivity contribution in [3.05, 3.63) is 69.8 Å². The summed E-state index contributed by atoms with van der Waals surface area (Å²) >= 11 is 0. The second-order valence-corrected chi connectivity index (χ2v) is 11.7. The number of hydrogen-bond acceptors (Lipinski definition) is 3. The van der Waals surface area contributed by atoms with Gasteiger partial charge in [-0.15, -0.1) is 0 Å². The normalized spacial score (nSPS) is 14.8. The van der Waals surface area contributed by atoms with Crippen molar-refractivity contribution in [1.29, 1.82) is 0 Å². The number of Topliss-reactive ketones (excluding diaryl/α,β-unsaturated/α-hetero) is 1. The number of amides is 1. The number of carbonyl (C=O) groups is 2. The number of aryl methyl sites for hydroxylation is 2. The highest BCUT2D eigenvalue weighted by Gasteiger charge is 2.46. The van der Waals surface area contributed by atoms with E-state index in [2.05, 4.69) is 38.1 Å². The van der Waals surface area contributed by atoms with Crippen LogP contribution in [-0.2, 0) is 5.41 Å². The van der Waals surface area contributed by atoms with Gasteiger partial charge in [-0.2, -0.15) is 0 Å². The molecule has 0 fully saturated rings. The molecule has 2 rings (SSSR count). The van der Waals surface area contributed by atoms with Crippen LogP contribution in [0.5, 0.6) is 0 Å².